The number of carbonyl (C=O) groups excluding carboxylic acids is 1. The van der Waals surface area contributed by atoms with Gasteiger partial charge in [-0.1, -0.05) is 48.7 Å². The van der Waals surface area contributed by atoms with Gasteiger partial charge in [-0.25, -0.2) is 0 Å². The van der Waals surface area contributed by atoms with Crippen molar-refractivity contribution in [3.8, 4) is 0 Å². The molecule has 25 heavy (non-hydrogen) atoms. The van der Waals surface area contributed by atoms with Gasteiger partial charge in [0.2, 0.25) is 4.33 Å². The second-order valence-electron chi connectivity index (χ2n) is 6.84. The Kier molecular flexibility index (Phi) is 6.02. The molecule has 2 aliphatic carbocycles. The van der Waals surface area contributed by atoms with Gasteiger partial charge < -0.3 is 9.47 Å². The summed E-state index contributed by atoms with van der Waals surface area (Å²) >= 11 is 17.0. The van der Waals surface area contributed by atoms with Crippen LogP contribution in [0.1, 0.15) is 33.6 Å². The first-order valence-corrected chi connectivity index (χ1v) is 9.24. The van der Waals surface area contributed by atoms with E-state index in [1.165, 1.54) is 6.08 Å². The van der Waals surface area contributed by atoms with Gasteiger partial charge in [-0.3, -0.25) is 4.79 Å². The van der Waals surface area contributed by atoms with E-state index in [1.54, 1.807) is 6.92 Å². The van der Waals surface area contributed by atoms with Crippen LogP contribution in [-0.4, -0.2) is 29.4 Å². The Bertz CT molecular complexity index is 600. The minimum atomic E-state index is -3.62. The monoisotopic (exact) mass is 416 g/mol. The Morgan fingerprint density at radius 2 is 1.92 bits per heavy atom. The third-order valence-corrected chi connectivity index (χ3v) is 6.10. The number of ether oxygens (including phenoxy) is 2. The summed E-state index contributed by atoms with van der Waals surface area (Å²) in [5, 5.41) is -0.734. The van der Waals surface area contributed by atoms with Crippen LogP contribution >= 0.6 is 34.8 Å². The van der Waals surface area contributed by atoms with Gasteiger partial charge in [0.25, 0.3) is 0 Å². The van der Waals surface area contributed by atoms with E-state index < -0.39 is 15.3 Å². The first-order chi connectivity index (χ1) is 11.5. The highest BCUT2D eigenvalue weighted by Gasteiger charge is 2.62. The number of hydrogen-bond acceptors (Lipinski definition) is 3. The number of allylic oxidation sites excluding steroid dienone is 4. The predicted octanol–water partition coefficient (Wildman–Crippen LogP) is 5.45. The highest BCUT2D eigenvalue weighted by Crippen LogP contribution is 2.61. The topological polar surface area (TPSA) is 35.5 Å². The van der Waals surface area contributed by atoms with E-state index in [2.05, 4.69) is 0 Å². The van der Waals surface area contributed by atoms with Crippen LogP contribution in [0.3, 0.4) is 0 Å². The highest BCUT2D eigenvalue weighted by atomic mass is 35.5. The maximum Gasteiger partial charge on any atom is 0.323 e. The molecule has 0 N–H and O–H groups in total. The maximum absolute atomic E-state index is 14.0. The SMILES string of the molecule is CCOC(=O)C1C(CCCOC2=CC=C(Cl)C(F)(F)C2(Cl)Cl)C1(C)C. The largest absolute Gasteiger partial charge is 0.494 e. The van der Waals surface area contributed by atoms with Crippen molar-refractivity contribution >= 4 is 40.8 Å². The van der Waals surface area contributed by atoms with Crippen LogP contribution < -0.4 is 0 Å². The quantitative estimate of drug-likeness (QED) is 0.314. The van der Waals surface area contributed by atoms with Gasteiger partial charge >= 0.3 is 11.9 Å². The van der Waals surface area contributed by atoms with Crippen LogP contribution in [0.25, 0.3) is 0 Å². The Morgan fingerprint density at radius 3 is 2.52 bits per heavy atom. The molecule has 1 saturated carbocycles. The molecule has 0 aromatic rings. The Labute approximate surface area is 161 Å². The summed E-state index contributed by atoms with van der Waals surface area (Å²) in [6.07, 6.45) is 3.57. The van der Waals surface area contributed by atoms with Crippen LogP contribution in [0.15, 0.2) is 22.9 Å². The fraction of sp³-hybridized carbons (Fsp3) is 0.706. The van der Waals surface area contributed by atoms with E-state index >= 15 is 0 Å². The lowest BCUT2D eigenvalue weighted by molar-refractivity contribution is -0.145. The van der Waals surface area contributed by atoms with Gasteiger partial charge in [-0.05, 0) is 43.3 Å². The highest BCUT2D eigenvalue weighted by molar-refractivity contribution is 6.52. The van der Waals surface area contributed by atoms with Crippen molar-refractivity contribution in [2.24, 2.45) is 17.3 Å². The summed E-state index contributed by atoms with van der Waals surface area (Å²) in [7, 11) is 0. The van der Waals surface area contributed by atoms with E-state index in [0.29, 0.717) is 19.4 Å². The van der Waals surface area contributed by atoms with Crippen molar-refractivity contribution in [3.05, 3.63) is 22.9 Å². The van der Waals surface area contributed by atoms with E-state index in [-0.39, 0.29) is 35.6 Å². The van der Waals surface area contributed by atoms with Crippen molar-refractivity contribution < 1.29 is 23.0 Å². The molecule has 0 aromatic heterocycles. The van der Waals surface area contributed by atoms with Gasteiger partial charge in [0.1, 0.15) is 5.76 Å². The number of halogens is 5. The molecular formula is C17H21Cl3F2O3. The molecule has 2 unspecified atom stereocenters. The molecule has 0 radical (unpaired) electrons. The smallest absolute Gasteiger partial charge is 0.323 e. The Balaban J connectivity index is 1.85. The van der Waals surface area contributed by atoms with Crippen LogP contribution in [0.5, 0.6) is 0 Å². The molecule has 142 valence electrons. The molecule has 0 amide bonds. The average molecular weight is 418 g/mol. The lowest BCUT2D eigenvalue weighted by atomic mass is 10.1. The van der Waals surface area contributed by atoms with Gasteiger partial charge in [0, 0.05) is 0 Å². The molecule has 8 heteroatoms. The first-order valence-electron chi connectivity index (χ1n) is 8.11. The molecule has 1 fully saturated rings. The molecule has 0 heterocycles. The molecular weight excluding hydrogens is 397 g/mol. The zero-order valence-corrected chi connectivity index (χ0v) is 16.5. The molecule has 0 spiro atoms. The van der Waals surface area contributed by atoms with Crippen molar-refractivity contribution in [3.63, 3.8) is 0 Å². The van der Waals surface area contributed by atoms with Crippen molar-refractivity contribution in [2.75, 3.05) is 13.2 Å². The minimum Gasteiger partial charge on any atom is -0.494 e. The first kappa shape index (κ1) is 20.8. The fourth-order valence-corrected chi connectivity index (χ4v) is 4.01. The van der Waals surface area contributed by atoms with Crippen LogP contribution in [0, 0.1) is 17.3 Å². The number of esters is 1. The Morgan fingerprint density at radius 1 is 1.28 bits per heavy atom. The number of carbonyl (C=O) groups is 1. The third kappa shape index (κ3) is 3.79. The van der Waals surface area contributed by atoms with Crippen LogP contribution in [-0.2, 0) is 14.3 Å². The zero-order chi connectivity index (χ0) is 19.0. The van der Waals surface area contributed by atoms with E-state index in [4.69, 9.17) is 44.3 Å². The van der Waals surface area contributed by atoms with Crippen LogP contribution in [0.2, 0.25) is 0 Å². The summed E-state index contributed by atoms with van der Waals surface area (Å²) in [5.74, 6) is -3.99. The van der Waals surface area contributed by atoms with Gasteiger partial charge in [-0.15, -0.1) is 0 Å². The number of rotatable bonds is 7. The van der Waals surface area contributed by atoms with Crippen LogP contribution in [0.4, 0.5) is 8.78 Å². The molecule has 2 rings (SSSR count). The van der Waals surface area contributed by atoms with Crippen molar-refractivity contribution in [2.45, 2.75) is 43.9 Å². The normalized spacial score (nSPS) is 28.6. The summed E-state index contributed by atoms with van der Waals surface area (Å²) in [6, 6.07) is 0. The maximum atomic E-state index is 14.0. The summed E-state index contributed by atoms with van der Waals surface area (Å²) in [5.41, 5.74) is -0.123. The Hall–Kier alpha value is -0.520. The zero-order valence-electron chi connectivity index (χ0n) is 14.3. The predicted molar refractivity (Wildman–Crippen MR) is 94.0 cm³/mol. The molecule has 0 saturated heterocycles. The number of alkyl halides is 4. The van der Waals surface area contributed by atoms with E-state index in [9.17, 15) is 13.6 Å². The molecule has 0 bridgehead atoms. The van der Waals surface area contributed by atoms with E-state index in [0.717, 1.165) is 6.08 Å². The summed E-state index contributed by atoms with van der Waals surface area (Å²) < 4.78 is 35.8. The molecule has 2 atom stereocenters. The van der Waals surface area contributed by atoms with E-state index in [1.807, 2.05) is 13.8 Å². The lowest BCUT2D eigenvalue weighted by Crippen LogP contribution is -2.43. The van der Waals surface area contributed by atoms with Gasteiger partial charge in [-0.2, -0.15) is 8.78 Å². The standard InChI is InChI=1S/C17H21Cl3F2O3/c1-4-24-14(23)13-10(15(13,2)3)6-5-9-25-12-8-7-11(18)17(21,22)16(12,19)20/h7-8,10,13H,4-6,9H2,1-3H3. The van der Waals surface area contributed by atoms with Gasteiger partial charge in [0.15, 0.2) is 0 Å². The fourth-order valence-electron chi connectivity index (χ4n) is 3.27. The third-order valence-electron chi connectivity index (χ3n) is 4.89. The summed E-state index contributed by atoms with van der Waals surface area (Å²) in [6.45, 7) is 6.32. The second kappa shape index (κ2) is 7.24. The minimum absolute atomic E-state index is 0.123. The average Bonchev–Trinajstić information content (AvgIpc) is 3.05. The second-order valence-corrected chi connectivity index (χ2v) is 8.58. The number of hydrogen-bond donors (Lipinski definition) is 0. The van der Waals surface area contributed by atoms with Crippen molar-refractivity contribution in [1.82, 2.24) is 0 Å². The molecule has 0 aromatic carbocycles. The summed E-state index contributed by atoms with van der Waals surface area (Å²) in [4.78, 5) is 11.9. The lowest BCUT2D eigenvalue weighted by Gasteiger charge is -2.33. The molecule has 2 aliphatic rings. The molecule has 0 aliphatic heterocycles. The van der Waals surface area contributed by atoms with Crippen molar-refractivity contribution in [1.29, 1.82) is 0 Å². The van der Waals surface area contributed by atoms with Gasteiger partial charge in [0.05, 0.1) is 24.2 Å². The molecule has 3 nitrogen and oxygen atoms in total.